The molecule has 4 nitrogen and oxygen atoms in total. The van der Waals surface area contributed by atoms with Crippen molar-refractivity contribution in [1.82, 2.24) is 4.90 Å². The first-order chi connectivity index (χ1) is 8.97. The molecule has 1 aliphatic heterocycles. The van der Waals surface area contributed by atoms with E-state index in [-0.39, 0.29) is 18.1 Å². The Hall–Kier alpha value is -0.620. The summed E-state index contributed by atoms with van der Waals surface area (Å²) in [4.78, 5) is 14.2. The number of carbonyl (C=O) groups excluding carboxylic acids is 1. The molecule has 1 aromatic carbocycles. The zero-order valence-corrected chi connectivity index (χ0v) is 12.9. The molecule has 1 aliphatic rings. The average Bonchev–Trinajstić information content (AvgIpc) is 2.37. The summed E-state index contributed by atoms with van der Waals surface area (Å²) in [5, 5.41) is 0.537. The summed E-state index contributed by atoms with van der Waals surface area (Å²) in [5.41, 5.74) is 6.40. The molecule has 104 valence electrons. The molecule has 0 aliphatic carbocycles. The van der Waals surface area contributed by atoms with E-state index < -0.39 is 0 Å². The Kier molecular flexibility index (Phi) is 4.84. The van der Waals surface area contributed by atoms with Crippen LogP contribution in [0.2, 0.25) is 5.02 Å². The zero-order valence-electron chi connectivity index (χ0n) is 10.6. The summed E-state index contributed by atoms with van der Waals surface area (Å²) in [6.07, 6.45) is -0.111. The fourth-order valence-electron chi connectivity index (χ4n) is 2.04. The maximum absolute atomic E-state index is 12.4. The first-order valence-electron chi connectivity index (χ1n) is 6.10. The van der Waals surface area contributed by atoms with Crippen molar-refractivity contribution < 1.29 is 9.53 Å². The standard InChI is InChI=1S/C13H16BrClN2O2/c1-8(16)12-7-17(2-3-19-12)13(18)9-4-10(14)6-11(15)5-9/h4-6,8,12H,2-3,7,16H2,1H3. The molecule has 1 aromatic rings. The quantitative estimate of drug-likeness (QED) is 0.893. The number of benzene rings is 1. The fraction of sp³-hybridized carbons (Fsp3) is 0.462. The Balaban J connectivity index is 2.14. The maximum atomic E-state index is 12.4. The summed E-state index contributed by atoms with van der Waals surface area (Å²) in [6, 6.07) is 5.10. The lowest BCUT2D eigenvalue weighted by molar-refractivity contribution is -0.0300. The Morgan fingerprint density at radius 3 is 2.95 bits per heavy atom. The third-order valence-electron chi connectivity index (χ3n) is 3.08. The SMILES string of the molecule is CC(N)C1CN(C(=O)c2cc(Cl)cc(Br)c2)CCO1. The van der Waals surface area contributed by atoms with Crippen molar-refractivity contribution in [2.24, 2.45) is 5.73 Å². The van der Waals surface area contributed by atoms with Crippen LogP contribution in [0.3, 0.4) is 0 Å². The number of hydrogen-bond donors (Lipinski definition) is 1. The van der Waals surface area contributed by atoms with Crippen LogP contribution in [-0.2, 0) is 4.74 Å². The van der Waals surface area contributed by atoms with Gasteiger partial charge in [-0.15, -0.1) is 0 Å². The van der Waals surface area contributed by atoms with Crippen LogP contribution in [0.1, 0.15) is 17.3 Å². The molecule has 6 heteroatoms. The highest BCUT2D eigenvalue weighted by molar-refractivity contribution is 9.10. The Labute approximate surface area is 126 Å². The molecule has 0 aromatic heterocycles. The zero-order chi connectivity index (χ0) is 14.0. The second-order valence-electron chi connectivity index (χ2n) is 4.68. The van der Waals surface area contributed by atoms with Gasteiger partial charge in [-0.2, -0.15) is 0 Å². The van der Waals surface area contributed by atoms with Crippen molar-refractivity contribution in [3.8, 4) is 0 Å². The molecule has 2 N–H and O–H groups in total. The number of nitrogens with two attached hydrogens (primary N) is 1. The fourth-order valence-corrected chi connectivity index (χ4v) is 2.90. The van der Waals surface area contributed by atoms with Gasteiger partial charge in [-0.3, -0.25) is 4.79 Å². The first kappa shape index (κ1) is 14.8. The lowest BCUT2D eigenvalue weighted by atomic mass is 10.1. The average molecular weight is 348 g/mol. The number of hydrogen-bond acceptors (Lipinski definition) is 3. The molecule has 2 atom stereocenters. The smallest absolute Gasteiger partial charge is 0.254 e. The summed E-state index contributed by atoms with van der Waals surface area (Å²) in [6.45, 7) is 3.49. The Bertz CT molecular complexity index is 461. The van der Waals surface area contributed by atoms with Gasteiger partial charge in [0.1, 0.15) is 0 Å². The number of carbonyl (C=O) groups is 1. The van der Waals surface area contributed by atoms with Gasteiger partial charge < -0.3 is 15.4 Å². The minimum absolute atomic E-state index is 0.0443. The minimum Gasteiger partial charge on any atom is -0.373 e. The molecular weight excluding hydrogens is 332 g/mol. The molecule has 0 saturated carbocycles. The van der Waals surface area contributed by atoms with Crippen LogP contribution in [0, 0.1) is 0 Å². The van der Waals surface area contributed by atoms with Gasteiger partial charge >= 0.3 is 0 Å². The van der Waals surface area contributed by atoms with E-state index >= 15 is 0 Å². The number of amides is 1. The number of ether oxygens (including phenoxy) is 1. The molecular formula is C13H16BrClN2O2. The highest BCUT2D eigenvalue weighted by atomic mass is 79.9. The molecule has 1 amide bonds. The first-order valence-corrected chi connectivity index (χ1v) is 7.27. The highest BCUT2D eigenvalue weighted by Crippen LogP contribution is 2.21. The summed E-state index contributed by atoms with van der Waals surface area (Å²) in [5.74, 6) is -0.0443. The Morgan fingerprint density at radius 1 is 1.58 bits per heavy atom. The van der Waals surface area contributed by atoms with Crippen LogP contribution in [0.5, 0.6) is 0 Å². The third-order valence-corrected chi connectivity index (χ3v) is 3.75. The lowest BCUT2D eigenvalue weighted by Gasteiger charge is -2.34. The van der Waals surface area contributed by atoms with E-state index in [9.17, 15) is 4.79 Å². The van der Waals surface area contributed by atoms with Crippen LogP contribution in [0.15, 0.2) is 22.7 Å². The molecule has 19 heavy (non-hydrogen) atoms. The van der Waals surface area contributed by atoms with Crippen molar-refractivity contribution >= 4 is 33.4 Å². The van der Waals surface area contributed by atoms with E-state index in [1.165, 1.54) is 0 Å². The number of morpholine rings is 1. The van der Waals surface area contributed by atoms with Gasteiger partial charge in [0, 0.05) is 34.2 Å². The highest BCUT2D eigenvalue weighted by Gasteiger charge is 2.27. The predicted octanol–water partition coefficient (Wildman–Crippen LogP) is 2.29. The molecule has 1 fully saturated rings. The predicted molar refractivity (Wildman–Crippen MR) is 78.4 cm³/mol. The van der Waals surface area contributed by atoms with Crippen LogP contribution in [0.25, 0.3) is 0 Å². The lowest BCUT2D eigenvalue weighted by Crippen LogP contribution is -2.51. The number of nitrogens with zero attached hydrogens (tertiary/aromatic N) is 1. The second kappa shape index (κ2) is 6.22. The van der Waals surface area contributed by atoms with Crippen molar-refractivity contribution in [3.63, 3.8) is 0 Å². The summed E-state index contributed by atoms with van der Waals surface area (Å²) >= 11 is 9.31. The van der Waals surface area contributed by atoms with Crippen LogP contribution in [0.4, 0.5) is 0 Å². The Morgan fingerprint density at radius 2 is 2.32 bits per heavy atom. The van der Waals surface area contributed by atoms with Gasteiger partial charge in [-0.25, -0.2) is 0 Å². The molecule has 2 unspecified atom stereocenters. The molecule has 0 spiro atoms. The van der Waals surface area contributed by atoms with Crippen LogP contribution in [-0.4, -0.2) is 42.6 Å². The topological polar surface area (TPSA) is 55.6 Å². The normalized spacial score (nSPS) is 21.3. The van der Waals surface area contributed by atoms with Crippen molar-refractivity contribution in [3.05, 3.63) is 33.3 Å². The van der Waals surface area contributed by atoms with Gasteiger partial charge in [-0.05, 0) is 25.1 Å². The van der Waals surface area contributed by atoms with Gasteiger partial charge in [-0.1, -0.05) is 27.5 Å². The monoisotopic (exact) mass is 346 g/mol. The number of halogens is 2. The molecule has 0 bridgehead atoms. The molecule has 0 radical (unpaired) electrons. The van der Waals surface area contributed by atoms with Crippen molar-refractivity contribution in [1.29, 1.82) is 0 Å². The maximum Gasteiger partial charge on any atom is 0.254 e. The van der Waals surface area contributed by atoms with E-state index in [2.05, 4.69) is 15.9 Å². The summed E-state index contributed by atoms with van der Waals surface area (Å²) in [7, 11) is 0. The van der Waals surface area contributed by atoms with Gasteiger partial charge in [0.25, 0.3) is 5.91 Å². The third kappa shape index (κ3) is 3.69. The van der Waals surface area contributed by atoms with Gasteiger partial charge in [0.15, 0.2) is 0 Å². The van der Waals surface area contributed by atoms with E-state index in [0.29, 0.717) is 30.3 Å². The van der Waals surface area contributed by atoms with E-state index in [1.807, 2.05) is 6.92 Å². The van der Waals surface area contributed by atoms with Crippen LogP contribution < -0.4 is 5.73 Å². The summed E-state index contributed by atoms with van der Waals surface area (Å²) < 4.78 is 6.34. The van der Waals surface area contributed by atoms with E-state index in [1.54, 1.807) is 23.1 Å². The number of rotatable bonds is 2. The second-order valence-corrected chi connectivity index (χ2v) is 6.03. The van der Waals surface area contributed by atoms with Crippen LogP contribution >= 0.6 is 27.5 Å². The largest absolute Gasteiger partial charge is 0.373 e. The van der Waals surface area contributed by atoms with E-state index in [4.69, 9.17) is 22.1 Å². The molecule has 1 heterocycles. The molecule has 2 rings (SSSR count). The minimum atomic E-state index is -0.111. The van der Waals surface area contributed by atoms with Gasteiger partial charge in [0.2, 0.25) is 0 Å². The van der Waals surface area contributed by atoms with E-state index in [0.717, 1.165) is 4.47 Å². The molecule has 1 saturated heterocycles. The van der Waals surface area contributed by atoms with Gasteiger partial charge in [0.05, 0.1) is 12.7 Å². The van der Waals surface area contributed by atoms with Crippen molar-refractivity contribution in [2.45, 2.75) is 19.1 Å². The van der Waals surface area contributed by atoms with Crippen molar-refractivity contribution in [2.75, 3.05) is 19.7 Å².